The van der Waals surface area contributed by atoms with Crippen LogP contribution in [0.4, 0.5) is 30.2 Å². The molecule has 8 nitrogen and oxygen atoms in total. The Morgan fingerprint density at radius 1 is 0.895 bits per heavy atom. The topological polar surface area (TPSA) is 97.0 Å². The highest BCUT2D eigenvalue weighted by molar-refractivity contribution is 6.53. The Kier molecular flexibility index (Phi) is 7.31. The Morgan fingerprint density at radius 3 is 2.24 bits per heavy atom. The summed E-state index contributed by atoms with van der Waals surface area (Å²) in [5, 5.41) is 4.84. The van der Waals surface area contributed by atoms with Crippen LogP contribution in [0.25, 0.3) is 0 Å². The Hall–Kier alpha value is -4.51. The van der Waals surface area contributed by atoms with Gasteiger partial charge in [-0.1, -0.05) is 17.7 Å². The van der Waals surface area contributed by atoms with Crippen LogP contribution in [-0.2, 0) is 15.8 Å². The fourth-order valence-corrected chi connectivity index (χ4v) is 3.84. The second kappa shape index (κ2) is 10.5. The van der Waals surface area contributed by atoms with Crippen molar-refractivity contribution in [3.05, 3.63) is 88.6 Å². The number of hydrogen-bond donors (Lipinski definition) is 2. The molecule has 1 aliphatic rings. The molecule has 0 spiro atoms. The van der Waals surface area contributed by atoms with Crippen molar-refractivity contribution in [2.45, 2.75) is 6.18 Å². The minimum Gasteiger partial charge on any atom is -0.497 e. The summed E-state index contributed by atoms with van der Waals surface area (Å²) in [6.45, 7) is 0. The van der Waals surface area contributed by atoms with Crippen LogP contribution in [0.1, 0.15) is 15.9 Å². The highest BCUT2D eigenvalue weighted by atomic mass is 35.5. The number of carbonyl (C=O) groups is 3. The monoisotopic (exact) mass is 545 g/mol. The highest BCUT2D eigenvalue weighted by Crippen LogP contribution is 2.38. The van der Waals surface area contributed by atoms with Crippen molar-refractivity contribution < 1.29 is 37.0 Å². The second-order valence-electron chi connectivity index (χ2n) is 7.91. The molecule has 0 saturated carbocycles. The third-order valence-electron chi connectivity index (χ3n) is 5.52. The number of alkyl halides is 3. The number of anilines is 3. The zero-order valence-electron chi connectivity index (χ0n) is 19.9. The molecule has 0 aliphatic carbocycles. The first kappa shape index (κ1) is 26.6. The van der Waals surface area contributed by atoms with Gasteiger partial charge in [0.2, 0.25) is 0 Å². The standard InChI is InChI=1S/C26H19ClF3N3O5/c1-37-18-10-11-20(38-2)19(13-18)33-24(35)21(27)22(25(33)36)31-16-8-6-14(7-9-16)23(34)32-17-5-3-4-15(12-17)26(28,29)30/h3-13,31H,1-2H3,(H,32,34). The van der Waals surface area contributed by atoms with Gasteiger partial charge in [0.15, 0.2) is 0 Å². The maximum absolute atomic E-state index is 13.1. The van der Waals surface area contributed by atoms with Crippen LogP contribution < -0.4 is 25.0 Å². The summed E-state index contributed by atoms with van der Waals surface area (Å²) >= 11 is 6.19. The lowest BCUT2D eigenvalue weighted by Gasteiger charge is -2.19. The van der Waals surface area contributed by atoms with Crippen LogP contribution in [0.15, 0.2) is 77.5 Å². The van der Waals surface area contributed by atoms with E-state index >= 15 is 0 Å². The molecule has 38 heavy (non-hydrogen) atoms. The van der Waals surface area contributed by atoms with E-state index in [0.29, 0.717) is 11.4 Å². The molecule has 3 aromatic rings. The average Bonchev–Trinajstić information content (AvgIpc) is 3.11. The average molecular weight is 546 g/mol. The minimum absolute atomic E-state index is 0.0212. The van der Waals surface area contributed by atoms with Crippen molar-refractivity contribution in [1.82, 2.24) is 0 Å². The molecular weight excluding hydrogens is 527 g/mol. The molecule has 12 heteroatoms. The summed E-state index contributed by atoms with van der Waals surface area (Å²) in [5.41, 5.74) is -0.497. The van der Waals surface area contributed by atoms with Crippen molar-refractivity contribution in [1.29, 1.82) is 0 Å². The van der Waals surface area contributed by atoms with Gasteiger partial charge in [-0.3, -0.25) is 14.4 Å². The lowest BCUT2D eigenvalue weighted by atomic mass is 10.1. The first-order valence-electron chi connectivity index (χ1n) is 10.9. The van der Waals surface area contributed by atoms with Gasteiger partial charge in [0, 0.05) is 23.0 Å². The molecule has 3 amide bonds. The first-order chi connectivity index (χ1) is 18.0. The van der Waals surface area contributed by atoms with Crippen molar-refractivity contribution in [3.63, 3.8) is 0 Å². The van der Waals surface area contributed by atoms with Crippen LogP contribution in [0.5, 0.6) is 11.5 Å². The van der Waals surface area contributed by atoms with E-state index in [1.54, 1.807) is 6.07 Å². The molecule has 2 N–H and O–H groups in total. The van der Waals surface area contributed by atoms with E-state index in [-0.39, 0.29) is 33.4 Å². The SMILES string of the molecule is COc1ccc(OC)c(N2C(=O)C(Cl)=C(Nc3ccc(C(=O)Nc4cccc(C(F)(F)F)c4)cc3)C2=O)c1. The number of imide groups is 1. The van der Waals surface area contributed by atoms with Crippen molar-refractivity contribution in [3.8, 4) is 11.5 Å². The van der Waals surface area contributed by atoms with Crippen molar-refractivity contribution in [2.24, 2.45) is 0 Å². The number of benzene rings is 3. The fourth-order valence-electron chi connectivity index (χ4n) is 3.63. The number of methoxy groups -OCH3 is 2. The predicted octanol–water partition coefficient (Wildman–Crippen LogP) is 5.41. The van der Waals surface area contributed by atoms with E-state index < -0.39 is 29.5 Å². The Labute approximate surface area is 219 Å². The van der Waals surface area contributed by atoms with E-state index in [1.807, 2.05) is 0 Å². The third-order valence-corrected chi connectivity index (χ3v) is 5.87. The molecule has 1 aliphatic heterocycles. The maximum atomic E-state index is 13.1. The molecule has 3 aromatic carbocycles. The van der Waals surface area contributed by atoms with E-state index in [1.165, 1.54) is 62.8 Å². The summed E-state index contributed by atoms with van der Waals surface area (Å²) in [4.78, 5) is 39.3. The van der Waals surface area contributed by atoms with Gasteiger partial charge >= 0.3 is 6.18 Å². The van der Waals surface area contributed by atoms with E-state index in [0.717, 1.165) is 17.0 Å². The number of nitrogens with one attached hydrogen (secondary N) is 2. The largest absolute Gasteiger partial charge is 0.497 e. The number of halogens is 4. The summed E-state index contributed by atoms with van der Waals surface area (Å²) in [5.74, 6) is -1.52. The predicted molar refractivity (Wildman–Crippen MR) is 134 cm³/mol. The Balaban J connectivity index is 1.50. The van der Waals surface area contributed by atoms with E-state index in [2.05, 4.69) is 10.6 Å². The lowest BCUT2D eigenvalue weighted by molar-refractivity contribution is -0.137. The normalized spacial score (nSPS) is 13.6. The van der Waals surface area contributed by atoms with Crippen LogP contribution in [-0.4, -0.2) is 31.9 Å². The van der Waals surface area contributed by atoms with Gasteiger partial charge in [-0.25, -0.2) is 4.90 Å². The van der Waals surface area contributed by atoms with Gasteiger partial charge in [-0.05, 0) is 54.6 Å². The molecule has 0 aromatic heterocycles. The van der Waals surface area contributed by atoms with Crippen LogP contribution in [0, 0.1) is 0 Å². The highest BCUT2D eigenvalue weighted by Gasteiger charge is 2.40. The van der Waals surface area contributed by atoms with Gasteiger partial charge < -0.3 is 20.1 Å². The Morgan fingerprint density at radius 2 is 1.61 bits per heavy atom. The summed E-state index contributed by atoms with van der Waals surface area (Å²) < 4.78 is 49.2. The van der Waals surface area contributed by atoms with E-state index in [4.69, 9.17) is 21.1 Å². The molecule has 196 valence electrons. The number of amides is 3. The summed E-state index contributed by atoms with van der Waals surface area (Å²) in [6.07, 6.45) is -4.55. The van der Waals surface area contributed by atoms with Crippen molar-refractivity contribution >= 4 is 46.4 Å². The van der Waals surface area contributed by atoms with Crippen molar-refractivity contribution in [2.75, 3.05) is 29.8 Å². The molecule has 0 radical (unpaired) electrons. The molecule has 0 fully saturated rings. The number of carbonyl (C=O) groups excluding carboxylic acids is 3. The lowest BCUT2D eigenvalue weighted by Crippen LogP contribution is -2.32. The molecule has 4 rings (SSSR count). The number of rotatable bonds is 7. The summed E-state index contributed by atoms with van der Waals surface area (Å²) in [7, 11) is 2.82. The quantitative estimate of drug-likeness (QED) is 0.385. The molecule has 0 atom stereocenters. The molecular formula is C26H19ClF3N3O5. The number of ether oxygens (including phenoxy) is 2. The molecule has 0 saturated heterocycles. The number of nitrogens with zero attached hydrogens (tertiary/aromatic N) is 1. The smallest absolute Gasteiger partial charge is 0.416 e. The van der Waals surface area contributed by atoms with Crippen LogP contribution >= 0.6 is 11.6 Å². The fraction of sp³-hybridized carbons (Fsp3) is 0.115. The maximum Gasteiger partial charge on any atom is 0.416 e. The van der Waals surface area contributed by atoms with E-state index in [9.17, 15) is 27.6 Å². The zero-order valence-corrected chi connectivity index (χ0v) is 20.6. The van der Waals surface area contributed by atoms with Crippen LogP contribution in [0.3, 0.4) is 0 Å². The van der Waals surface area contributed by atoms with Crippen LogP contribution in [0.2, 0.25) is 0 Å². The zero-order chi connectivity index (χ0) is 27.6. The molecule has 1 heterocycles. The van der Waals surface area contributed by atoms with Gasteiger partial charge in [0.05, 0.1) is 25.5 Å². The third kappa shape index (κ3) is 5.28. The number of hydrogen-bond acceptors (Lipinski definition) is 6. The van der Waals surface area contributed by atoms with Gasteiger partial charge in [-0.2, -0.15) is 13.2 Å². The molecule has 0 bridgehead atoms. The molecule has 0 unspecified atom stereocenters. The minimum atomic E-state index is -4.55. The first-order valence-corrected chi connectivity index (χ1v) is 11.3. The van der Waals surface area contributed by atoms with Gasteiger partial charge in [-0.15, -0.1) is 0 Å². The Bertz CT molecular complexity index is 1460. The van der Waals surface area contributed by atoms with Gasteiger partial charge in [0.1, 0.15) is 22.2 Å². The second-order valence-corrected chi connectivity index (χ2v) is 8.29. The summed E-state index contributed by atoms with van der Waals surface area (Å²) in [6, 6.07) is 14.5. The van der Waals surface area contributed by atoms with Gasteiger partial charge in [0.25, 0.3) is 17.7 Å².